The molecule has 0 N–H and O–H groups in total. The lowest BCUT2D eigenvalue weighted by molar-refractivity contribution is 0.590. The van der Waals surface area contributed by atoms with Gasteiger partial charge in [0.25, 0.3) is 0 Å². The van der Waals surface area contributed by atoms with E-state index in [1.807, 2.05) is 0 Å². The molecule has 0 spiro atoms. The zero-order valence-electron chi connectivity index (χ0n) is 19.0. The van der Waals surface area contributed by atoms with Crippen molar-refractivity contribution in [3.63, 3.8) is 0 Å². The average Bonchev–Trinajstić information content (AvgIpc) is 2.66. The summed E-state index contributed by atoms with van der Waals surface area (Å²) in [6.45, 7) is 17.6. The van der Waals surface area contributed by atoms with Gasteiger partial charge in [0.1, 0.15) is 5.82 Å². The Hall–Kier alpha value is -2.55. The highest BCUT2D eigenvalue weighted by Gasteiger charge is 2.18. The van der Waals surface area contributed by atoms with Crippen molar-refractivity contribution in [2.75, 3.05) is 0 Å². The molecule has 0 aliphatic heterocycles. The molecule has 0 aliphatic rings. The van der Waals surface area contributed by atoms with Crippen LogP contribution in [0.3, 0.4) is 0 Å². The molecule has 3 aromatic rings. The Morgan fingerprint density at radius 2 is 1.03 bits per heavy atom. The molecule has 0 unspecified atom stereocenters. The quantitative estimate of drug-likeness (QED) is 0.489. The van der Waals surface area contributed by atoms with Crippen LogP contribution in [0, 0.1) is 0 Å². The van der Waals surface area contributed by atoms with Crippen molar-refractivity contribution in [2.45, 2.75) is 72.1 Å². The Bertz CT molecular complexity index is 929. The van der Waals surface area contributed by atoms with Crippen molar-refractivity contribution in [3.8, 4) is 22.8 Å². The summed E-state index contributed by atoms with van der Waals surface area (Å²) >= 11 is 0. The standard InChI is InChI=1S/C26H33N3/c1-17(2)22-27-23(18-11-9-13-20(15-18)25(3,4)5)29-24(28-22)19-12-10-14-21(16-19)26(6,7)8/h9-17H,1-8H3. The molecular weight excluding hydrogens is 354 g/mol. The molecular formula is C26H33N3. The molecule has 0 saturated heterocycles. The largest absolute Gasteiger partial charge is 0.213 e. The van der Waals surface area contributed by atoms with E-state index in [4.69, 9.17) is 15.0 Å². The van der Waals surface area contributed by atoms with E-state index < -0.39 is 0 Å². The Labute approximate surface area is 175 Å². The molecule has 0 bridgehead atoms. The van der Waals surface area contributed by atoms with E-state index in [9.17, 15) is 0 Å². The maximum absolute atomic E-state index is 4.88. The summed E-state index contributed by atoms with van der Waals surface area (Å²) in [5.41, 5.74) is 4.78. The third kappa shape index (κ3) is 4.90. The van der Waals surface area contributed by atoms with Crippen molar-refractivity contribution in [3.05, 3.63) is 65.5 Å². The van der Waals surface area contributed by atoms with Gasteiger partial charge in [-0.15, -0.1) is 0 Å². The van der Waals surface area contributed by atoms with Crippen molar-refractivity contribution < 1.29 is 0 Å². The van der Waals surface area contributed by atoms with Gasteiger partial charge in [0.2, 0.25) is 0 Å². The fourth-order valence-electron chi connectivity index (χ4n) is 3.16. The second-order valence-electron chi connectivity index (χ2n) is 10.2. The highest BCUT2D eigenvalue weighted by atomic mass is 15.0. The summed E-state index contributed by atoms with van der Waals surface area (Å²) < 4.78 is 0. The highest BCUT2D eigenvalue weighted by Crippen LogP contribution is 2.29. The first kappa shape index (κ1) is 21.2. The minimum absolute atomic E-state index is 0.0772. The zero-order valence-corrected chi connectivity index (χ0v) is 19.0. The predicted octanol–water partition coefficient (Wildman–Crippen LogP) is 6.92. The Morgan fingerprint density at radius 1 is 0.621 bits per heavy atom. The summed E-state index contributed by atoms with van der Waals surface area (Å²) in [6.07, 6.45) is 0. The lowest BCUT2D eigenvalue weighted by Crippen LogP contribution is -2.12. The summed E-state index contributed by atoms with van der Waals surface area (Å²) in [7, 11) is 0. The third-order valence-corrected chi connectivity index (χ3v) is 5.14. The van der Waals surface area contributed by atoms with Gasteiger partial charge in [-0.3, -0.25) is 0 Å². The van der Waals surface area contributed by atoms with E-state index in [-0.39, 0.29) is 16.7 Å². The highest BCUT2D eigenvalue weighted by molar-refractivity contribution is 5.62. The third-order valence-electron chi connectivity index (χ3n) is 5.14. The number of hydrogen-bond acceptors (Lipinski definition) is 3. The topological polar surface area (TPSA) is 38.7 Å². The first-order valence-electron chi connectivity index (χ1n) is 10.4. The molecule has 0 fully saturated rings. The van der Waals surface area contributed by atoms with Crippen LogP contribution in [-0.4, -0.2) is 15.0 Å². The molecule has 0 aliphatic carbocycles. The molecule has 1 heterocycles. The molecule has 0 radical (unpaired) electrons. The van der Waals surface area contributed by atoms with Crippen molar-refractivity contribution >= 4 is 0 Å². The zero-order chi connectivity index (χ0) is 21.4. The maximum atomic E-state index is 4.88. The Kier molecular flexibility index (Phi) is 5.62. The van der Waals surface area contributed by atoms with Gasteiger partial charge in [-0.1, -0.05) is 91.8 Å². The van der Waals surface area contributed by atoms with Gasteiger partial charge in [-0.25, -0.2) is 15.0 Å². The lowest BCUT2D eigenvalue weighted by Gasteiger charge is -2.20. The van der Waals surface area contributed by atoms with Gasteiger partial charge in [-0.05, 0) is 34.1 Å². The van der Waals surface area contributed by atoms with Gasteiger partial charge >= 0.3 is 0 Å². The second-order valence-corrected chi connectivity index (χ2v) is 10.2. The number of aromatic nitrogens is 3. The fraction of sp³-hybridized carbons (Fsp3) is 0.423. The van der Waals surface area contributed by atoms with Crippen LogP contribution in [0.1, 0.15) is 78.3 Å². The molecule has 0 amide bonds. The number of nitrogens with zero attached hydrogens (tertiary/aromatic N) is 3. The number of hydrogen-bond donors (Lipinski definition) is 0. The van der Waals surface area contributed by atoms with Gasteiger partial charge in [0.15, 0.2) is 11.6 Å². The lowest BCUT2D eigenvalue weighted by atomic mass is 9.86. The number of rotatable bonds is 3. The molecule has 3 rings (SSSR count). The molecule has 0 atom stereocenters. The van der Waals surface area contributed by atoms with Crippen LogP contribution in [0.25, 0.3) is 22.8 Å². The molecule has 2 aromatic carbocycles. The van der Waals surface area contributed by atoms with Crippen LogP contribution in [0.4, 0.5) is 0 Å². The van der Waals surface area contributed by atoms with Gasteiger partial charge in [0, 0.05) is 17.0 Å². The van der Waals surface area contributed by atoms with Gasteiger partial charge < -0.3 is 0 Å². The summed E-state index contributed by atoms with van der Waals surface area (Å²) in [6, 6.07) is 17.1. The first-order chi connectivity index (χ1) is 13.4. The van der Waals surface area contributed by atoms with Gasteiger partial charge in [0.05, 0.1) is 0 Å². The minimum Gasteiger partial charge on any atom is -0.213 e. The van der Waals surface area contributed by atoms with Crippen LogP contribution in [0.5, 0.6) is 0 Å². The van der Waals surface area contributed by atoms with E-state index in [0.717, 1.165) is 28.6 Å². The maximum Gasteiger partial charge on any atom is 0.163 e. The minimum atomic E-state index is 0.0772. The Balaban J connectivity index is 2.16. The average molecular weight is 388 g/mol. The Morgan fingerprint density at radius 3 is 1.38 bits per heavy atom. The van der Waals surface area contributed by atoms with Crippen LogP contribution in [0.2, 0.25) is 0 Å². The van der Waals surface area contributed by atoms with Crippen molar-refractivity contribution in [1.82, 2.24) is 15.0 Å². The second kappa shape index (κ2) is 7.70. The van der Waals surface area contributed by atoms with Crippen LogP contribution in [0.15, 0.2) is 48.5 Å². The summed E-state index contributed by atoms with van der Waals surface area (Å²) in [4.78, 5) is 14.5. The SMILES string of the molecule is CC(C)c1nc(-c2cccc(C(C)(C)C)c2)nc(-c2cccc(C(C)(C)C)c2)n1. The molecule has 3 heteroatoms. The number of benzene rings is 2. The van der Waals surface area contributed by atoms with E-state index in [0.29, 0.717) is 0 Å². The van der Waals surface area contributed by atoms with Crippen molar-refractivity contribution in [1.29, 1.82) is 0 Å². The van der Waals surface area contributed by atoms with E-state index in [1.165, 1.54) is 11.1 Å². The van der Waals surface area contributed by atoms with Crippen molar-refractivity contribution in [2.24, 2.45) is 0 Å². The normalized spacial score (nSPS) is 12.4. The van der Waals surface area contributed by atoms with E-state index in [1.54, 1.807) is 0 Å². The smallest absolute Gasteiger partial charge is 0.163 e. The predicted molar refractivity (Wildman–Crippen MR) is 122 cm³/mol. The fourth-order valence-corrected chi connectivity index (χ4v) is 3.16. The van der Waals surface area contributed by atoms with Crippen LogP contribution >= 0.6 is 0 Å². The molecule has 152 valence electrons. The van der Waals surface area contributed by atoms with Crippen LogP contribution in [-0.2, 0) is 10.8 Å². The van der Waals surface area contributed by atoms with E-state index in [2.05, 4.69) is 104 Å². The van der Waals surface area contributed by atoms with E-state index >= 15 is 0 Å². The van der Waals surface area contributed by atoms with Crippen LogP contribution < -0.4 is 0 Å². The first-order valence-corrected chi connectivity index (χ1v) is 10.4. The van der Waals surface area contributed by atoms with Gasteiger partial charge in [-0.2, -0.15) is 0 Å². The monoisotopic (exact) mass is 387 g/mol. The molecule has 3 nitrogen and oxygen atoms in total. The summed E-state index contributed by atoms with van der Waals surface area (Å²) in [5.74, 6) is 2.54. The summed E-state index contributed by atoms with van der Waals surface area (Å²) in [5, 5.41) is 0. The molecule has 0 saturated carbocycles. The molecule has 29 heavy (non-hydrogen) atoms. The molecule has 1 aromatic heterocycles.